The first kappa shape index (κ1) is 11.0. The largest absolute Gasteiger partial charge is 0.371 e. The molecule has 7 heteroatoms. The number of hydrogen-bond acceptors (Lipinski definition) is 5. The molecule has 1 rings (SSSR count). The van der Waals surface area contributed by atoms with Crippen molar-refractivity contribution in [2.45, 2.75) is 20.0 Å². The number of nitrogens with zero attached hydrogens (tertiary/aromatic N) is 3. The Hall–Kier alpha value is -1.08. The third-order valence-corrected chi connectivity index (χ3v) is 1.99. The Kier molecular flexibility index (Phi) is 3.90. The third kappa shape index (κ3) is 2.46. The van der Waals surface area contributed by atoms with Gasteiger partial charge in [-0.05, 0) is 11.3 Å². The van der Waals surface area contributed by atoms with E-state index in [0.717, 1.165) is 16.6 Å². The Morgan fingerprint density at radius 1 is 1.79 bits per heavy atom. The van der Waals surface area contributed by atoms with Crippen molar-refractivity contribution in [1.82, 2.24) is 8.96 Å². The van der Waals surface area contributed by atoms with Crippen LogP contribution in [-0.4, -0.2) is 20.5 Å². The van der Waals surface area contributed by atoms with Crippen LogP contribution in [0.15, 0.2) is 6.20 Å². The summed E-state index contributed by atoms with van der Waals surface area (Å²) < 4.78 is 6.31. The quantitative estimate of drug-likeness (QED) is 0.350. The summed E-state index contributed by atoms with van der Waals surface area (Å²) in [7, 11) is 0. The zero-order valence-corrected chi connectivity index (χ0v) is 8.61. The molecule has 0 bridgehead atoms. The highest BCUT2D eigenvalue weighted by atomic mass is 32.1. The van der Waals surface area contributed by atoms with Crippen LogP contribution in [0.1, 0.15) is 19.2 Å². The van der Waals surface area contributed by atoms with Crippen LogP contribution in [0.3, 0.4) is 0 Å². The molecular weight excluding hydrogens is 206 g/mol. The number of nitro groups is 1. The Labute approximate surface area is 86.6 Å². The molecule has 0 spiro atoms. The fourth-order valence-corrected chi connectivity index (χ4v) is 1.14. The van der Waals surface area contributed by atoms with Crippen molar-refractivity contribution in [3.8, 4) is 0 Å². The molecular formula is C7H11N3O3S. The lowest BCUT2D eigenvalue weighted by Crippen LogP contribution is -2.01. The lowest BCUT2D eigenvalue weighted by molar-refractivity contribution is -0.390. The summed E-state index contributed by atoms with van der Waals surface area (Å²) in [6.45, 7) is 2.83. The van der Waals surface area contributed by atoms with Crippen molar-refractivity contribution in [1.29, 1.82) is 0 Å². The van der Waals surface area contributed by atoms with Crippen molar-refractivity contribution in [3.63, 3.8) is 0 Å². The zero-order chi connectivity index (χ0) is 10.6. The van der Waals surface area contributed by atoms with E-state index in [4.69, 9.17) is 4.74 Å². The molecule has 0 amide bonds. The smallest absolute Gasteiger partial charge is 0.354 e. The van der Waals surface area contributed by atoms with E-state index >= 15 is 0 Å². The standard InChI is InChI=1S/C7H11N3O3S/c1-2-3-13-5-6-8-4-7(9(6)14)10(11)12/h4,14H,2-3,5H2,1H3. The molecule has 6 nitrogen and oxygen atoms in total. The Balaban J connectivity index is 2.65. The fourth-order valence-electron chi connectivity index (χ4n) is 0.905. The van der Waals surface area contributed by atoms with Gasteiger partial charge in [-0.25, -0.2) is 4.98 Å². The normalized spacial score (nSPS) is 10.4. The Morgan fingerprint density at radius 2 is 2.50 bits per heavy atom. The second kappa shape index (κ2) is 4.97. The molecule has 0 aromatic carbocycles. The van der Waals surface area contributed by atoms with Crippen molar-refractivity contribution < 1.29 is 9.66 Å². The van der Waals surface area contributed by atoms with E-state index in [9.17, 15) is 10.1 Å². The Morgan fingerprint density at radius 3 is 3.00 bits per heavy atom. The van der Waals surface area contributed by atoms with Crippen molar-refractivity contribution in [2.75, 3.05) is 6.61 Å². The first-order valence-electron chi connectivity index (χ1n) is 4.14. The lowest BCUT2D eigenvalue weighted by Gasteiger charge is -1.98. The number of ether oxygens (including phenoxy) is 1. The Bertz CT molecular complexity index is 326. The summed E-state index contributed by atoms with van der Waals surface area (Å²) in [4.78, 5) is 13.7. The zero-order valence-electron chi connectivity index (χ0n) is 7.71. The van der Waals surface area contributed by atoms with Gasteiger partial charge in [0.05, 0.1) is 0 Å². The number of hydrogen-bond donors (Lipinski definition) is 1. The summed E-state index contributed by atoms with van der Waals surface area (Å²) in [5.41, 5.74) is 0. The van der Waals surface area contributed by atoms with Gasteiger partial charge in [-0.1, -0.05) is 6.92 Å². The van der Waals surface area contributed by atoms with Gasteiger partial charge in [0.1, 0.15) is 12.8 Å². The second-order valence-corrected chi connectivity index (χ2v) is 3.05. The lowest BCUT2D eigenvalue weighted by atomic mass is 10.5. The molecule has 1 aromatic rings. The van der Waals surface area contributed by atoms with E-state index in [1.165, 1.54) is 0 Å². The van der Waals surface area contributed by atoms with E-state index < -0.39 is 4.92 Å². The van der Waals surface area contributed by atoms with Gasteiger partial charge in [0.25, 0.3) is 0 Å². The van der Waals surface area contributed by atoms with Crippen LogP contribution in [0.25, 0.3) is 0 Å². The molecule has 0 aliphatic heterocycles. The maximum Gasteiger partial charge on any atom is 0.354 e. The molecule has 78 valence electrons. The van der Waals surface area contributed by atoms with E-state index in [-0.39, 0.29) is 12.4 Å². The van der Waals surface area contributed by atoms with Crippen LogP contribution in [0, 0.1) is 10.1 Å². The predicted molar refractivity (Wildman–Crippen MR) is 53.2 cm³/mol. The predicted octanol–water partition coefficient (Wildman–Crippen LogP) is 1.41. The second-order valence-electron chi connectivity index (χ2n) is 2.65. The summed E-state index contributed by atoms with van der Waals surface area (Å²) in [5.74, 6) is 0.289. The average molecular weight is 217 g/mol. The van der Waals surface area contributed by atoms with Crippen LogP contribution in [-0.2, 0) is 11.3 Å². The molecule has 14 heavy (non-hydrogen) atoms. The molecule has 0 saturated heterocycles. The topological polar surface area (TPSA) is 70.2 Å². The molecule has 1 heterocycles. The van der Waals surface area contributed by atoms with Crippen molar-refractivity contribution in [3.05, 3.63) is 22.1 Å². The molecule has 0 atom stereocenters. The highest BCUT2D eigenvalue weighted by Gasteiger charge is 2.17. The number of imidazole rings is 1. The van der Waals surface area contributed by atoms with E-state index in [0.29, 0.717) is 12.4 Å². The molecule has 1 aromatic heterocycles. The fraction of sp³-hybridized carbons (Fsp3) is 0.571. The van der Waals surface area contributed by atoms with Crippen LogP contribution in [0.5, 0.6) is 0 Å². The molecule has 0 radical (unpaired) electrons. The third-order valence-electron chi connectivity index (χ3n) is 1.56. The summed E-state index contributed by atoms with van der Waals surface area (Å²) >= 11 is 3.94. The minimum Gasteiger partial charge on any atom is -0.371 e. The minimum atomic E-state index is -0.538. The van der Waals surface area contributed by atoms with E-state index in [2.05, 4.69) is 17.8 Å². The maximum atomic E-state index is 10.4. The van der Waals surface area contributed by atoms with E-state index in [1.54, 1.807) is 0 Å². The summed E-state index contributed by atoms with van der Waals surface area (Å²) in [6, 6.07) is 0. The highest BCUT2D eigenvalue weighted by Crippen LogP contribution is 2.15. The SMILES string of the molecule is CCCOCc1ncc([N+](=O)[O-])n1S. The minimum absolute atomic E-state index is 0.150. The van der Waals surface area contributed by atoms with Crippen LogP contribution < -0.4 is 0 Å². The molecule has 0 saturated carbocycles. The van der Waals surface area contributed by atoms with Crippen molar-refractivity contribution >= 4 is 18.6 Å². The van der Waals surface area contributed by atoms with Crippen LogP contribution in [0.4, 0.5) is 5.82 Å². The first-order chi connectivity index (χ1) is 6.66. The molecule has 0 N–H and O–H groups in total. The van der Waals surface area contributed by atoms with Crippen LogP contribution >= 0.6 is 12.8 Å². The van der Waals surface area contributed by atoms with Gasteiger partial charge in [0, 0.05) is 19.4 Å². The van der Waals surface area contributed by atoms with Crippen molar-refractivity contribution in [2.24, 2.45) is 0 Å². The summed E-state index contributed by atoms with van der Waals surface area (Å²) in [6.07, 6.45) is 2.06. The van der Waals surface area contributed by atoms with Gasteiger partial charge in [-0.15, -0.1) is 3.97 Å². The summed E-state index contributed by atoms with van der Waals surface area (Å²) in [5, 5.41) is 10.4. The van der Waals surface area contributed by atoms with Crippen LogP contribution in [0.2, 0.25) is 0 Å². The van der Waals surface area contributed by atoms with E-state index in [1.807, 2.05) is 6.92 Å². The first-order valence-corrected chi connectivity index (χ1v) is 4.54. The highest BCUT2D eigenvalue weighted by molar-refractivity contribution is 7.78. The van der Waals surface area contributed by atoms with Gasteiger partial charge in [-0.3, -0.25) is 0 Å². The maximum absolute atomic E-state index is 10.4. The number of rotatable bonds is 5. The number of thiol groups is 1. The van der Waals surface area contributed by atoms with Gasteiger partial charge in [0.15, 0.2) is 0 Å². The average Bonchev–Trinajstić information content (AvgIpc) is 2.48. The van der Waals surface area contributed by atoms with Gasteiger partial charge < -0.3 is 14.9 Å². The molecule has 0 aliphatic carbocycles. The van der Waals surface area contributed by atoms with Gasteiger partial charge in [0.2, 0.25) is 5.82 Å². The molecule has 0 aliphatic rings. The molecule has 0 fully saturated rings. The van der Waals surface area contributed by atoms with Gasteiger partial charge >= 0.3 is 5.82 Å². The monoisotopic (exact) mass is 217 g/mol. The molecule has 0 unspecified atom stereocenters. The number of aromatic nitrogens is 2. The van der Waals surface area contributed by atoms with Gasteiger partial charge in [-0.2, -0.15) is 0 Å².